The van der Waals surface area contributed by atoms with E-state index >= 15 is 0 Å². The molecule has 5 rings (SSSR count). The molecule has 2 fully saturated rings. The number of carbonyl (C=O) groups is 2. The molecule has 2 bridgehead atoms. The molecule has 0 aromatic heterocycles. The molecule has 27 heavy (non-hydrogen) atoms. The fourth-order valence-electron chi connectivity index (χ4n) is 4.95. The van der Waals surface area contributed by atoms with Crippen molar-refractivity contribution >= 4 is 11.9 Å². The lowest BCUT2D eigenvalue weighted by Gasteiger charge is -2.33. The Morgan fingerprint density at radius 2 is 2.15 bits per heavy atom. The summed E-state index contributed by atoms with van der Waals surface area (Å²) >= 11 is 0. The van der Waals surface area contributed by atoms with Gasteiger partial charge in [0, 0.05) is 18.4 Å². The Kier molecular flexibility index (Phi) is 3.25. The van der Waals surface area contributed by atoms with Gasteiger partial charge in [-0.3, -0.25) is 4.79 Å². The van der Waals surface area contributed by atoms with Gasteiger partial charge >= 0.3 is 0 Å². The third-order valence-electron chi connectivity index (χ3n) is 5.90. The third kappa shape index (κ3) is 2.06. The van der Waals surface area contributed by atoms with Crippen LogP contribution < -0.4 is 14.6 Å². The Labute approximate surface area is 155 Å². The predicted octanol–water partition coefficient (Wildman–Crippen LogP) is 0.392. The highest BCUT2D eigenvalue weighted by Gasteiger charge is 2.69. The van der Waals surface area contributed by atoms with Gasteiger partial charge in [0.05, 0.1) is 18.1 Å². The average Bonchev–Trinajstić information content (AvgIpc) is 3.35. The number of carboxylic acids is 1. The van der Waals surface area contributed by atoms with Gasteiger partial charge in [-0.05, 0) is 24.6 Å². The number of hydrogen-bond donors (Lipinski definition) is 0. The molecule has 7 heteroatoms. The molecule has 1 aromatic carbocycles. The van der Waals surface area contributed by atoms with Crippen molar-refractivity contribution in [2.45, 2.75) is 31.2 Å². The zero-order chi connectivity index (χ0) is 18.9. The zero-order valence-corrected chi connectivity index (χ0v) is 14.7. The van der Waals surface area contributed by atoms with Crippen molar-refractivity contribution in [2.75, 3.05) is 6.79 Å². The third-order valence-corrected chi connectivity index (χ3v) is 5.90. The second-order valence-corrected chi connectivity index (χ2v) is 7.52. The number of rotatable bonds is 4. The number of likely N-dealkylation sites (tertiary alicyclic amines) is 1. The summed E-state index contributed by atoms with van der Waals surface area (Å²) in [5, 5.41) is 11.7. The van der Waals surface area contributed by atoms with Crippen LogP contribution in [0.2, 0.25) is 0 Å². The van der Waals surface area contributed by atoms with E-state index in [1.54, 1.807) is 17.0 Å². The quantitative estimate of drug-likeness (QED) is 0.715. The first kappa shape index (κ1) is 16.4. The summed E-state index contributed by atoms with van der Waals surface area (Å²) in [6.07, 6.45) is 2.93. The monoisotopic (exact) mass is 368 g/mol. The van der Waals surface area contributed by atoms with Crippen molar-refractivity contribution in [1.82, 2.24) is 4.90 Å². The SMILES string of the molecule is C=C(C)[C@H]1N(Cc2ccc3c(c2)OCO3)C(=O)[C@@H]2[C@@H](C(=O)[O-])[C@H]3C=C[C@@]21O3. The lowest BCUT2D eigenvalue weighted by atomic mass is 9.74. The summed E-state index contributed by atoms with van der Waals surface area (Å²) in [4.78, 5) is 26.6. The molecule has 0 aliphatic carbocycles. The Balaban J connectivity index is 1.53. The van der Waals surface area contributed by atoms with Gasteiger partial charge < -0.3 is 29.0 Å². The maximum absolute atomic E-state index is 13.3. The van der Waals surface area contributed by atoms with E-state index in [9.17, 15) is 14.7 Å². The Morgan fingerprint density at radius 1 is 1.37 bits per heavy atom. The number of carboxylic acid groups (broad SMARTS) is 1. The highest BCUT2D eigenvalue weighted by Crippen LogP contribution is 2.56. The van der Waals surface area contributed by atoms with Gasteiger partial charge in [0.2, 0.25) is 12.7 Å². The molecule has 2 saturated heterocycles. The number of aliphatic carboxylic acids is 1. The van der Waals surface area contributed by atoms with Crippen LogP contribution in [0.1, 0.15) is 12.5 Å². The van der Waals surface area contributed by atoms with Crippen molar-refractivity contribution in [2.24, 2.45) is 11.8 Å². The molecule has 4 aliphatic heterocycles. The summed E-state index contributed by atoms with van der Waals surface area (Å²) in [7, 11) is 0. The summed E-state index contributed by atoms with van der Waals surface area (Å²) < 4.78 is 16.8. The number of carbonyl (C=O) groups excluding carboxylic acids is 2. The highest BCUT2D eigenvalue weighted by molar-refractivity contribution is 5.91. The van der Waals surface area contributed by atoms with E-state index in [1.165, 1.54) is 0 Å². The number of benzene rings is 1. The van der Waals surface area contributed by atoms with Crippen LogP contribution in [-0.2, 0) is 20.9 Å². The topological polar surface area (TPSA) is 88.1 Å². The molecule has 0 N–H and O–H groups in total. The van der Waals surface area contributed by atoms with E-state index in [0.29, 0.717) is 18.0 Å². The summed E-state index contributed by atoms with van der Waals surface area (Å²) in [5.74, 6) is -1.98. The second-order valence-electron chi connectivity index (χ2n) is 7.52. The van der Waals surface area contributed by atoms with Gasteiger partial charge in [0.25, 0.3) is 0 Å². The molecule has 1 aromatic rings. The minimum Gasteiger partial charge on any atom is -0.550 e. The van der Waals surface area contributed by atoms with Crippen molar-refractivity contribution in [1.29, 1.82) is 0 Å². The molecular formula is C20H18NO6-. The smallest absolute Gasteiger partial charge is 0.231 e. The minimum absolute atomic E-state index is 0.175. The van der Waals surface area contributed by atoms with Crippen LogP contribution in [0, 0.1) is 11.8 Å². The van der Waals surface area contributed by atoms with E-state index in [-0.39, 0.29) is 12.7 Å². The average molecular weight is 368 g/mol. The maximum atomic E-state index is 13.3. The van der Waals surface area contributed by atoms with Crippen LogP contribution in [0.3, 0.4) is 0 Å². The lowest BCUT2D eigenvalue weighted by molar-refractivity contribution is -0.313. The molecule has 4 aliphatic rings. The Bertz CT molecular complexity index is 908. The first-order valence-corrected chi connectivity index (χ1v) is 8.85. The predicted molar refractivity (Wildman–Crippen MR) is 90.4 cm³/mol. The largest absolute Gasteiger partial charge is 0.550 e. The van der Waals surface area contributed by atoms with Crippen LogP contribution in [-0.4, -0.2) is 41.3 Å². The zero-order valence-electron chi connectivity index (χ0n) is 14.7. The highest BCUT2D eigenvalue weighted by atomic mass is 16.7. The van der Waals surface area contributed by atoms with Crippen LogP contribution >= 0.6 is 0 Å². The summed E-state index contributed by atoms with van der Waals surface area (Å²) in [5.41, 5.74) is 0.615. The molecule has 1 amide bonds. The number of ether oxygens (including phenoxy) is 3. The summed E-state index contributed by atoms with van der Waals surface area (Å²) in [6, 6.07) is 5.07. The molecule has 7 nitrogen and oxygen atoms in total. The Hall–Kier alpha value is -2.80. The minimum atomic E-state index is -1.25. The first-order chi connectivity index (χ1) is 12.9. The van der Waals surface area contributed by atoms with Crippen molar-refractivity contribution in [3.63, 3.8) is 0 Å². The molecular weight excluding hydrogens is 350 g/mol. The van der Waals surface area contributed by atoms with Crippen molar-refractivity contribution < 1.29 is 28.9 Å². The Morgan fingerprint density at radius 3 is 2.89 bits per heavy atom. The maximum Gasteiger partial charge on any atom is 0.231 e. The van der Waals surface area contributed by atoms with Crippen LogP contribution in [0.4, 0.5) is 0 Å². The fourth-order valence-corrected chi connectivity index (χ4v) is 4.95. The lowest BCUT2D eigenvalue weighted by Crippen LogP contribution is -2.46. The van der Waals surface area contributed by atoms with E-state index in [4.69, 9.17) is 14.2 Å². The van der Waals surface area contributed by atoms with Gasteiger partial charge in [0.15, 0.2) is 11.5 Å². The standard InChI is InChI=1S/C20H19NO6/c1-10(2)17-20-6-5-13(27-20)15(19(23)24)16(20)18(22)21(17)8-11-3-4-12-14(7-11)26-9-25-12/h3-7,13,15-17H,1,8-9H2,2H3,(H,23,24)/p-1/t13-,15+,16+,17-,20-/m1/s1. The van der Waals surface area contributed by atoms with Gasteiger partial charge in [-0.1, -0.05) is 30.4 Å². The van der Waals surface area contributed by atoms with Crippen LogP contribution in [0.15, 0.2) is 42.5 Å². The fraction of sp³-hybridized carbons (Fsp3) is 0.400. The van der Waals surface area contributed by atoms with Crippen LogP contribution in [0.25, 0.3) is 0 Å². The molecule has 5 atom stereocenters. The molecule has 0 unspecified atom stereocenters. The number of nitrogens with zero attached hydrogens (tertiary/aromatic N) is 1. The number of fused-ring (bicyclic) bond motifs is 2. The van der Waals surface area contributed by atoms with Gasteiger partial charge in [-0.15, -0.1) is 0 Å². The van der Waals surface area contributed by atoms with Gasteiger partial charge in [-0.25, -0.2) is 0 Å². The molecule has 0 radical (unpaired) electrons. The van der Waals surface area contributed by atoms with Crippen molar-refractivity contribution in [3.8, 4) is 11.5 Å². The normalized spacial score (nSPS) is 35.0. The molecule has 4 heterocycles. The van der Waals surface area contributed by atoms with Crippen LogP contribution in [0.5, 0.6) is 11.5 Å². The first-order valence-electron chi connectivity index (χ1n) is 8.85. The van der Waals surface area contributed by atoms with Gasteiger partial charge in [0.1, 0.15) is 5.60 Å². The van der Waals surface area contributed by atoms with E-state index in [1.807, 2.05) is 25.1 Å². The molecule has 0 saturated carbocycles. The summed E-state index contributed by atoms with van der Waals surface area (Å²) in [6.45, 7) is 6.35. The van der Waals surface area contributed by atoms with E-state index < -0.39 is 35.6 Å². The molecule has 140 valence electrons. The van der Waals surface area contributed by atoms with Gasteiger partial charge in [-0.2, -0.15) is 0 Å². The molecule has 1 spiro atoms. The van der Waals surface area contributed by atoms with Crippen molar-refractivity contribution in [3.05, 3.63) is 48.1 Å². The van der Waals surface area contributed by atoms with E-state index in [2.05, 4.69) is 6.58 Å². The second kappa shape index (κ2) is 5.36. The number of hydrogen-bond acceptors (Lipinski definition) is 6. The van der Waals surface area contributed by atoms with E-state index in [0.717, 1.165) is 11.1 Å². The number of amides is 1.